The molecule has 0 radical (unpaired) electrons. The third kappa shape index (κ3) is 4.28. The summed E-state index contributed by atoms with van der Waals surface area (Å²) >= 11 is 0. The highest BCUT2D eigenvalue weighted by Gasteiger charge is 2.39. The summed E-state index contributed by atoms with van der Waals surface area (Å²) < 4.78 is 5.37. The molecule has 17 heavy (non-hydrogen) atoms. The van der Waals surface area contributed by atoms with Crippen molar-refractivity contribution < 1.29 is 9.53 Å². The van der Waals surface area contributed by atoms with Crippen molar-refractivity contribution in [3.63, 3.8) is 0 Å². The monoisotopic (exact) mass is 242 g/mol. The van der Waals surface area contributed by atoms with Gasteiger partial charge in [-0.15, -0.1) is 0 Å². The molecule has 4 heteroatoms. The summed E-state index contributed by atoms with van der Waals surface area (Å²) in [4.78, 5) is 12.1. The van der Waals surface area contributed by atoms with Gasteiger partial charge in [0.05, 0.1) is 5.41 Å². The van der Waals surface area contributed by atoms with Crippen LogP contribution in [0.15, 0.2) is 0 Å². The highest BCUT2D eigenvalue weighted by Crippen LogP contribution is 2.37. The first-order valence-electron chi connectivity index (χ1n) is 6.81. The van der Waals surface area contributed by atoms with E-state index in [9.17, 15) is 4.79 Å². The van der Waals surface area contributed by atoms with Gasteiger partial charge in [-0.3, -0.25) is 4.79 Å². The summed E-state index contributed by atoms with van der Waals surface area (Å²) in [6, 6.07) is 0. The number of hydrogen-bond donors (Lipinski definition) is 2. The summed E-state index contributed by atoms with van der Waals surface area (Å²) in [5.41, 5.74) is 5.48. The van der Waals surface area contributed by atoms with Gasteiger partial charge in [0.15, 0.2) is 0 Å². The Morgan fingerprint density at radius 3 is 2.65 bits per heavy atom. The highest BCUT2D eigenvalue weighted by molar-refractivity contribution is 5.83. The molecule has 1 aliphatic carbocycles. The Morgan fingerprint density at radius 2 is 2.06 bits per heavy atom. The first kappa shape index (κ1) is 14.5. The second-order valence-corrected chi connectivity index (χ2v) is 4.91. The fraction of sp³-hybridized carbons (Fsp3) is 0.923. The molecule has 0 unspecified atom stereocenters. The van der Waals surface area contributed by atoms with E-state index in [0.29, 0.717) is 13.1 Å². The summed E-state index contributed by atoms with van der Waals surface area (Å²) in [6.07, 6.45) is 6.08. The number of amides is 1. The zero-order valence-corrected chi connectivity index (χ0v) is 11.0. The second kappa shape index (κ2) is 7.67. The van der Waals surface area contributed by atoms with Crippen molar-refractivity contribution in [3.05, 3.63) is 0 Å². The molecule has 0 aliphatic heterocycles. The number of nitrogens with one attached hydrogen (secondary N) is 1. The largest absolute Gasteiger partial charge is 0.381 e. The van der Waals surface area contributed by atoms with Crippen LogP contribution in [-0.2, 0) is 9.53 Å². The number of carbonyl (C=O) groups excluding carboxylic acids is 1. The fourth-order valence-electron chi connectivity index (χ4n) is 2.39. The average Bonchev–Trinajstić information content (AvgIpc) is 2.83. The third-order valence-corrected chi connectivity index (χ3v) is 3.53. The van der Waals surface area contributed by atoms with Crippen LogP contribution in [0.25, 0.3) is 0 Å². The smallest absolute Gasteiger partial charge is 0.227 e. The Labute approximate surface area is 104 Å². The maximum absolute atomic E-state index is 12.1. The minimum atomic E-state index is -0.274. The standard InChI is InChI=1S/C13H26N2O2/c1-2-9-17-10-5-8-15-12(16)13(11-14)6-3-4-7-13/h2-11,14H2,1H3,(H,15,16). The topological polar surface area (TPSA) is 64.3 Å². The van der Waals surface area contributed by atoms with E-state index < -0.39 is 0 Å². The highest BCUT2D eigenvalue weighted by atomic mass is 16.5. The van der Waals surface area contributed by atoms with Gasteiger partial charge in [-0.05, 0) is 25.7 Å². The summed E-state index contributed by atoms with van der Waals surface area (Å²) in [5.74, 6) is 0.146. The lowest BCUT2D eigenvalue weighted by atomic mass is 9.85. The van der Waals surface area contributed by atoms with Crippen LogP contribution >= 0.6 is 0 Å². The molecule has 0 aromatic carbocycles. The zero-order chi connectivity index (χ0) is 12.6. The SMILES string of the molecule is CCCOCCCNC(=O)C1(CN)CCCC1. The Morgan fingerprint density at radius 1 is 1.35 bits per heavy atom. The van der Waals surface area contributed by atoms with Gasteiger partial charge in [-0.2, -0.15) is 0 Å². The van der Waals surface area contributed by atoms with E-state index in [1.165, 1.54) is 0 Å². The molecule has 0 bridgehead atoms. The van der Waals surface area contributed by atoms with Gasteiger partial charge in [0.25, 0.3) is 0 Å². The number of rotatable bonds is 8. The van der Waals surface area contributed by atoms with Gasteiger partial charge in [-0.1, -0.05) is 19.8 Å². The molecule has 0 aromatic rings. The molecule has 0 saturated heterocycles. The Hall–Kier alpha value is -0.610. The van der Waals surface area contributed by atoms with Crippen molar-refractivity contribution in [3.8, 4) is 0 Å². The molecule has 1 fully saturated rings. The third-order valence-electron chi connectivity index (χ3n) is 3.53. The van der Waals surface area contributed by atoms with Gasteiger partial charge in [0.1, 0.15) is 0 Å². The lowest BCUT2D eigenvalue weighted by Gasteiger charge is -2.25. The van der Waals surface area contributed by atoms with E-state index in [1.807, 2.05) is 0 Å². The lowest BCUT2D eigenvalue weighted by molar-refractivity contribution is -0.130. The lowest BCUT2D eigenvalue weighted by Crippen LogP contribution is -2.44. The van der Waals surface area contributed by atoms with Gasteiger partial charge in [0, 0.05) is 26.3 Å². The second-order valence-electron chi connectivity index (χ2n) is 4.91. The summed E-state index contributed by atoms with van der Waals surface area (Å²) in [6.45, 7) is 4.80. The van der Waals surface area contributed by atoms with E-state index in [-0.39, 0.29) is 11.3 Å². The van der Waals surface area contributed by atoms with Crippen LogP contribution in [-0.4, -0.2) is 32.2 Å². The molecular formula is C13H26N2O2. The minimum Gasteiger partial charge on any atom is -0.381 e. The van der Waals surface area contributed by atoms with E-state index >= 15 is 0 Å². The summed E-state index contributed by atoms with van der Waals surface area (Å²) in [5, 5.41) is 2.99. The predicted octanol–water partition coefficient (Wildman–Crippen LogP) is 1.44. The van der Waals surface area contributed by atoms with Crippen LogP contribution < -0.4 is 11.1 Å². The summed E-state index contributed by atoms with van der Waals surface area (Å²) in [7, 11) is 0. The van der Waals surface area contributed by atoms with Crippen molar-refractivity contribution in [2.75, 3.05) is 26.3 Å². The van der Waals surface area contributed by atoms with Gasteiger partial charge < -0.3 is 15.8 Å². The Balaban J connectivity index is 2.15. The number of ether oxygens (including phenoxy) is 1. The fourth-order valence-corrected chi connectivity index (χ4v) is 2.39. The molecule has 0 heterocycles. The molecule has 100 valence electrons. The maximum Gasteiger partial charge on any atom is 0.227 e. The molecule has 0 atom stereocenters. The Kier molecular flexibility index (Phi) is 6.52. The van der Waals surface area contributed by atoms with Crippen molar-refractivity contribution in [1.82, 2.24) is 5.32 Å². The number of hydrogen-bond acceptors (Lipinski definition) is 3. The minimum absolute atomic E-state index is 0.146. The van der Waals surface area contributed by atoms with E-state index in [0.717, 1.165) is 51.7 Å². The molecule has 1 saturated carbocycles. The first-order valence-corrected chi connectivity index (χ1v) is 6.81. The van der Waals surface area contributed by atoms with E-state index in [1.54, 1.807) is 0 Å². The van der Waals surface area contributed by atoms with Gasteiger partial charge >= 0.3 is 0 Å². The van der Waals surface area contributed by atoms with E-state index in [4.69, 9.17) is 10.5 Å². The molecule has 0 aromatic heterocycles. The normalized spacial score (nSPS) is 18.2. The van der Waals surface area contributed by atoms with Crippen molar-refractivity contribution in [2.45, 2.75) is 45.4 Å². The number of nitrogens with two attached hydrogens (primary N) is 1. The van der Waals surface area contributed by atoms with Crippen molar-refractivity contribution in [1.29, 1.82) is 0 Å². The van der Waals surface area contributed by atoms with Gasteiger partial charge in [-0.25, -0.2) is 0 Å². The predicted molar refractivity (Wildman–Crippen MR) is 68.7 cm³/mol. The van der Waals surface area contributed by atoms with Crippen LogP contribution in [0.3, 0.4) is 0 Å². The first-order chi connectivity index (χ1) is 8.25. The van der Waals surface area contributed by atoms with Crippen LogP contribution in [0.1, 0.15) is 45.4 Å². The number of carbonyl (C=O) groups is 1. The molecule has 3 N–H and O–H groups in total. The van der Waals surface area contributed by atoms with Crippen LogP contribution in [0.2, 0.25) is 0 Å². The Bertz CT molecular complexity index is 225. The quantitative estimate of drug-likeness (QED) is 0.633. The van der Waals surface area contributed by atoms with Crippen LogP contribution in [0, 0.1) is 5.41 Å². The average molecular weight is 242 g/mol. The maximum atomic E-state index is 12.1. The zero-order valence-electron chi connectivity index (χ0n) is 11.0. The van der Waals surface area contributed by atoms with E-state index in [2.05, 4.69) is 12.2 Å². The molecule has 4 nitrogen and oxygen atoms in total. The van der Waals surface area contributed by atoms with Gasteiger partial charge in [0.2, 0.25) is 5.91 Å². The molecule has 1 amide bonds. The molecule has 1 aliphatic rings. The van der Waals surface area contributed by atoms with Crippen molar-refractivity contribution >= 4 is 5.91 Å². The molecular weight excluding hydrogens is 216 g/mol. The van der Waals surface area contributed by atoms with Crippen LogP contribution in [0.4, 0.5) is 0 Å². The molecule has 1 rings (SSSR count). The van der Waals surface area contributed by atoms with Crippen molar-refractivity contribution in [2.24, 2.45) is 11.1 Å². The molecule has 0 spiro atoms. The van der Waals surface area contributed by atoms with Crippen LogP contribution in [0.5, 0.6) is 0 Å².